The Morgan fingerprint density at radius 1 is 1.14 bits per heavy atom. The number of anilines is 1. The number of nitrogen functional groups attached to an aromatic ring is 1. The Morgan fingerprint density at radius 3 is 2.65 bits per heavy atom. The molecule has 0 bridgehead atoms. The summed E-state index contributed by atoms with van der Waals surface area (Å²) in [7, 11) is 2.10. The van der Waals surface area contributed by atoms with E-state index < -0.39 is 0 Å². The van der Waals surface area contributed by atoms with Crippen molar-refractivity contribution in [3.8, 4) is 22.9 Å². The predicted octanol–water partition coefficient (Wildman–Crippen LogP) is 4.00. The number of nitrogens with two attached hydrogens (primary N) is 1. The highest BCUT2D eigenvalue weighted by atomic mass is 16.5. The van der Waals surface area contributed by atoms with E-state index in [4.69, 9.17) is 10.5 Å². The number of fused-ring (bicyclic) bond motifs is 1. The number of likely N-dealkylation sites (N-methyl/N-ethyl adjacent to an activating group) is 1. The molecule has 8 nitrogen and oxygen atoms in total. The minimum Gasteiger partial charge on any atom is -0.492 e. The number of carbonyl (C=O) groups excluding carboxylic acids is 1. The van der Waals surface area contributed by atoms with Crippen LogP contribution in [0, 0.1) is 18.3 Å². The lowest BCUT2D eigenvalue weighted by atomic mass is 9.86. The minimum atomic E-state index is -0.0167. The summed E-state index contributed by atoms with van der Waals surface area (Å²) in [5.41, 5.74) is 13.1. The fourth-order valence-electron chi connectivity index (χ4n) is 4.67. The molecule has 0 aliphatic carbocycles. The van der Waals surface area contributed by atoms with Crippen LogP contribution in [0.5, 0.6) is 5.75 Å². The third-order valence-electron chi connectivity index (χ3n) is 6.89. The second-order valence-electron chi connectivity index (χ2n) is 9.43. The number of benzene rings is 1. The number of amides is 1. The fourth-order valence-corrected chi connectivity index (χ4v) is 4.67. The van der Waals surface area contributed by atoms with Crippen molar-refractivity contribution in [3.05, 3.63) is 70.2 Å². The molecule has 3 aromatic rings. The first-order valence-electron chi connectivity index (χ1n) is 12.7. The van der Waals surface area contributed by atoms with Gasteiger partial charge in [-0.2, -0.15) is 5.26 Å². The minimum absolute atomic E-state index is 0.0167. The van der Waals surface area contributed by atoms with Gasteiger partial charge in [-0.1, -0.05) is 13.0 Å². The Balaban J connectivity index is 1.71. The summed E-state index contributed by atoms with van der Waals surface area (Å²) in [5.74, 6) is 0.943. The van der Waals surface area contributed by atoms with Crippen molar-refractivity contribution in [1.29, 1.82) is 5.26 Å². The lowest BCUT2D eigenvalue weighted by molar-refractivity contribution is 0.0724. The first-order valence-corrected chi connectivity index (χ1v) is 12.7. The van der Waals surface area contributed by atoms with Gasteiger partial charge in [-0.3, -0.25) is 9.78 Å². The fraction of sp³-hybridized carbons (Fsp3) is 0.379. The molecule has 1 amide bonds. The topological polar surface area (TPSA) is 108 Å². The summed E-state index contributed by atoms with van der Waals surface area (Å²) >= 11 is 0. The van der Waals surface area contributed by atoms with E-state index in [1.807, 2.05) is 24.8 Å². The number of aryl methyl sites for hydroxylation is 1. The molecule has 192 valence electrons. The van der Waals surface area contributed by atoms with Crippen LogP contribution in [0.2, 0.25) is 0 Å². The highest BCUT2D eigenvalue weighted by Crippen LogP contribution is 2.35. The highest BCUT2D eigenvalue weighted by Gasteiger charge is 2.28. The van der Waals surface area contributed by atoms with Crippen molar-refractivity contribution < 1.29 is 9.53 Å². The Kier molecular flexibility index (Phi) is 8.04. The maximum atomic E-state index is 13.8. The van der Waals surface area contributed by atoms with Gasteiger partial charge in [0.2, 0.25) is 0 Å². The number of hydrogen-bond donors (Lipinski definition) is 1. The van der Waals surface area contributed by atoms with E-state index >= 15 is 0 Å². The number of rotatable bonds is 9. The lowest BCUT2D eigenvalue weighted by Crippen LogP contribution is -2.37. The van der Waals surface area contributed by atoms with Crippen molar-refractivity contribution in [1.82, 2.24) is 19.8 Å². The highest BCUT2D eigenvalue weighted by molar-refractivity contribution is 5.99. The SMILES string of the molecule is CCOc1cc(CN2CCc3c(cc(CCN(C)CC)cc3-c3cc(N)ncc3C)C2=O)ncc1C#N. The Bertz CT molecular complexity index is 1350. The monoisotopic (exact) mass is 498 g/mol. The molecule has 4 rings (SSSR count). The first kappa shape index (κ1) is 26.1. The van der Waals surface area contributed by atoms with Crippen LogP contribution in [0.1, 0.15) is 52.2 Å². The van der Waals surface area contributed by atoms with Crippen LogP contribution in [-0.2, 0) is 19.4 Å². The molecule has 3 heterocycles. The van der Waals surface area contributed by atoms with Crippen LogP contribution in [0.4, 0.5) is 5.82 Å². The van der Waals surface area contributed by atoms with Gasteiger partial charge < -0.3 is 20.3 Å². The summed E-state index contributed by atoms with van der Waals surface area (Å²) in [6.45, 7) is 9.27. The van der Waals surface area contributed by atoms with E-state index in [2.05, 4.69) is 47.0 Å². The normalized spacial score (nSPS) is 13.0. The zero-order valence-corrected chi connectivity index (χ0v) is 22.0. The Morgan fingerprint density at radius 2 is 1.92 bits per heavy atom. The molecule has 0 fully saturated rings. The van der Waals surface area contributed by atoms with Crippen LogP contribution in [0.3, 0.4) is 0 Å². The van der Waals surface area contributed by atoms with Gasteiger partial charge in [-0.15, -0.1) is 0 Å². The van der Waals surface area contributed by atoms with Gasteiger partial charge in [0.05, 0.1) is 18.8 Å². The maximum Gasteiger partial charge on any atom is 0.254 e. The van der Waals surface area contributed by atoms with E-state index in [1.165, 1.54) is 6.20 Å². The number of aromatic nitrogens is 2. The molecule has 2 N–H and O–H groups in total. The average Bonchev–Trinajstić information content (AvgIpc) is 2.90. The van der Waals surface area contributed by atoms with Crippen molar-refractivity contribution in [2.45, 2.75) is 40.2 Å². The van der Waals surface area contributed by atoms with Gasteiger partial charge in [0.1, 0.15) is 23.2 Å². The van der Waals surface area contributed by atoms with Gasteiger partial charge >= 0.3 is 0 Å². The largest absolute Gasteiger partial charge is 0.492 e. The van der Waals surface area contributed by atoms with Crippen molar-refractivity contribution in [2.24, 2.45) is 0 Å². The number of ether oxygens (including phenoxy) is 1. The standard InChI is InChI=1S/C29H34N6O2/c1-5-34(4)9-7-20-11-25(24-14-28(31)33-16-19(24)3)23-8-10-35(29(36)26(23)12-20)18-22-13-27(37-6-2)21(15-30)17-32-22/h11-14,16-17H,5-10,18H2,1-4H3,(H2,31,33). The average molecular weight is 499 g/mol. The lowest BCUT2D eigenvalue weighted by Gasteiger charge is -2.31. The van der Waals surface area contributed by atoms with Crippen LogP contribution < -0.4 is 10.5 Å². The quantitative estimate of drug-likeness (QED) is 0.475. The van der Waals surface area contributed by atoms with E-state index in [1.54, 1.807) is 12.3 Å². The molecule has 1 aliphatic heterocycles. The molecular formula is C29H34N6O2. The van der Waals surface area contributed by atoms with Gasteiger partial charge in [0, 0.05) is 37.1 Å². The predicted molar refractivity (Wildman–Crippen MR) is 144 cm³/mol. The first-order chi connectivity index (χ1) is 17.8. The number of pyridine rings is 2. The molecular weight excluding hydrogens is 464 g/mol. The molecule has 8 heteroatoms. The smallest absolute Gasteiger partial charge is 0.254 e. The number of nitriles is 1. The third-order valence-corrected chi connectivity index (χ3v) is 6.89. The van der Waals surface area contributed by atoms with Crippen LogP contribution in [0.15, 0.2) is 36.7 Å². The second kappa shape index (κ2) is 11.4. The van der Waals surface area contributed by atoms with E-state index in [9.17, 15) is 10.1 Å². The van der Waals surface area contributed by atoms with Crippen LogP contribution in [-0.4, -0.2) is 59.0 Å². The van der Waals surface area contributed by atoms with Gasteiger partial charge in [-0.05, 0) is 80.2 Å². The Hall–Kier alpha value is -3.96. The van der Waals surface area contributed by atoms with Crippen LogP contribution >= 0.6 is 0 Å². The van der Waals surface area contributed by atoms with E-state index in [-0.39, 0.29) is 5.91 Å². The molecule has 0 unspecified atom stereocenters. The molecule has 0 atom stereocenters. The molecule has 2 aromatic heterocycles. The zero-order chi connectivity index (χ0) is 26.5. The summed E-state index contributed by atoms with van der Waals surface area (Å²) in [6, 6.07) is 10.0. The van der Waals surface area contributed by atoms with Crippen LogP contribution in [0.25, 0.3) is 11.1 Å². The van der Waals surface area contributed by atoms with Crippen molar-refractivity contribution >= 4 is 11.7 Å². The maximum absolute atomic E-state index is 13.8. The number of carbonyl (C=O) groups is 1. The molecule has 1 aliphatic rings. The van der Waals surface area contributed by atoms with E-state index in [0.29, 0.717) is 42.5 Å². The molecule has 0 saturated heterocycles. The van der Waals surface area contributed by atoms with Gasteiger partial charge in [0.25, 0.3) is 5.91 Å². The van der Waals surface area contributed by atoms with Gasteiger partial charge in [0.15, 0.2) is 0 Å². The number of nitrogens with zero attached hydrogens (tertiary/aromatic N) is 5. The molecule has 37 heavy (non-hydrogen) atoms. The summed E-state index contributed by atoms with van der Waals surface area (Å²) in [4.78, 5) is 26.5. The molecule has 0 radical (unpaired) electrons. The molecule has 0 spiro atoms. The molecule has 0 saturated carbocycles. The van der Waals surface area contributed by atoms with Crippen molar-refractivity contribution in [3.63, 3.8) is 0 Å². The zero-order valence-electron chi connectivity index (χ0n) is 22.0. The van der Waals surface area contributed by atoms with Gasteiger partial charge in [-0.25, -0.2) is 4.98 Å². The van der Waals surface area contributed by atoms with Crippen molar-refractivity contribution in [2.75, 3.05) is 39.0 Å². The summed E-state index contributed by atoms with van der Waals surface area (Å²) in [5, 5.41) is 9.34. The Labute approximate surface area is 218 Å². The third kappa shape index (κ3) is 5.73. The second-order valence-corrected chi connectivity index (χ2v) is 9.43. The van der Waals surface area contributed by atoms with E-state index in [0.717, 1.165) is 59.3 Å². The summed E-state index contributed by atoms with van der Waals surface area (Å²) in [6.07, 6.45) is 4.87. The summed E-state index contributed by atoms with van der Waals surface area (Å²) < 4.78 is 5.61. The molecule has 1 aromatic carbocycles. The number of hydrogen-bond acceptors (Lipinski definition) is 7.